The van der Waals surface area contributed by atoms with Crippen molar-refractivity contribution < 1.29 is 35.1 Å². The topological polar surface area (TPSA) is 165 Å². The number of fused-ring (bicyclic) bond motifs is 1. The van der Waals surface area contributed by atoms with Crippen LogP contribution in [0.1, 0.15) is 44.0 Å². The largest absolute Gasteiger partial charge is 0.508 e. The average molecular weight is 456 g/mol. The number of rotatable bonds is 4. The molecule has 1 aromatic heterocycles. The first-order chi connectivity index (χ1) is 15.2. The fraction of sp³-hybridized carbons (Fsp3) is 0.182. The number of primary amides is 1. The van der Waals surface area contributed by atoms with Gasteiger partial charge in [0.1, 0.15) is 16.5 Å². The quantitative estimate of drug-likeness (QED) is 0.328. The van der Waals surface area contributed by atoms with Crippen molar-refractivity contribution in [3.8, 4) is 28.7 Å². The van der Waals surface area contributed by atoms with Crippen LogP contribution in [0, 0.1) is 0 Å². The Hall–Kier alpha value is -3.92. The number of aromatic hydroxyl groups is 5. The second-order valence-corrected chi connectivity index (χ2v) is 8.55. The number of thiophene rings is 1. The van der Waals surface area contributed by atoms with E-state index in [1.165, 1.54) is 23.5 Å². The molecule has 0 spiro atoms. The first-order valence-electron chi connectivity index (χ1n) is 9.74. The summed E-state index contributed by atoms with van der Waals surface area (Å²) in [5.74, 6) is -4.38. The number of benzene rings is 2. The average Bonchev–Trinajstić information content (AvgIpc) is 3.10. The Morgan fingerprint density at radius 3 is 2.06 bits per heavy atom. The van der Waals surface area contributed by atoms with Crippen LogP contribution in [-0.4, -0.2) is 37.3 Å². The number of aryl methyl sites for hydroxylation is 1. The van der Waals surface area contributed by atoms with Gasteiger partial charge in [0.05, 0.1) is 11.3 Å². The molecule has 0 saturated carbocycles. The van der Waals surface area contributed by atoms with Gasteiger partial charge in [-0.15, -0.1) is 11.3 Å². The third-order valence-corrected chi connectivity index (χ3v) is 6.54. The van der Waals surface area contributed by atoms with Crippen LogP contribution >= 0.6 is 11.3 Å². The highest BCUT2D eigenvalue weighted by molar-refractivity contribution is 7.17. The van der Waals surface area contributed by atoms with E-state index >= 15 is 0 Å². The maximum atomic E-state index is 13.6. The van der Waals surface area contributed by atoms with Gasteiger partial charge in [0.15, 0.2) is 17.2 Å². The molecule has 10 heteroatoms. The van der Waals surface area contributed by atoms with E-state index in [-0.39, 0.29) is 33.3 Å². The molecule has 2 aromatic carbocycles. The van der Waals surface area contributed by atoms with Crippen LogP contribution in [0.2, 0.25) is 0 Å². The lowest BCUT2D eigenvalue weighted by Gasteiger charge is -2.23. The first-order valence-corrected chi connectivity index (χ1v) is 10.6. The highest BCUT2D eigenvalue weighted by Gasteiger charge is 2.32. The molecular formula is C22H20N2O7S. The number of hydrogen-bond donors (Lipinski definition) is 6. The summed E-state index contributed by atoms with van der Waals surface area (Å²) in [6.45, 7) is 0. The number of phenolic OH excluding ortho intramolecular Hbond substituents is 5. The molecule has 0 saturated heterocycles. The van der Waals surface area contributed by atoms with Gasteiger partial charge >= 0.3 is 0 Å². The molecule has 0 unspecified atom stereocenters. The maximum Gasteiger partial charge on any atom is 0.263 e. The molecule has 166 valence electrons. The molecule has 0 atom stereocenters. The lowest BCUT2D eigenvalue weighted by atomic mass is 9.95. The molecule has 2 amide bonds. The van der Waals surface area contributed by atoms with E-state index in [1.807, 2.05) is 0 Å². The Morgan fingerprint density at radius 2 is 1.47 bits per heavy atom. The van der Waals surface area contributed by atoms with Crippen LogP contribution in [0.4, 0.5) is 10.7 Å². The molecule has 1 aliphatic rings. The van der Waals surface area contributed by atoms with Crippen molar-refractivity contribution >= 4 is 33.8 Å². The SMILES string of the molecule is NC(=O)c1c(N(C(=O)c2cc(O)c(O)c(O)c2)c2cc(O)cc(O)c2)sc2c1CCCC2. The van der Waals surface area contributed by atoms with Crippen molar-refractivity contribution in [1.82, 2.24) is 0 Å². The monoisotopic (exact) mass is 456 g/mol. The molecule has 0 fully saturated rings. The summed E-state index contributed by atoms with van der Waals surface area (Å²) >= 11 is 1.21. The van der Waals surface area contributed by atoms with Gasteiger partial charge in [-0.3, -0.25) is 14.5 Å². The molecule has 3 aromatic rings. The van der Waals surface area contributed by atoms with Gasteiger partial charge in [-0.05, 0) is 43.4 Å². The Balaban J connectivity index is 1.97. The Kier molecular flexibility index (Phi) is 5.31. The Bertz CT molecular complexity index is 1210. The predicted molar refractivity (Wildman–Crippen MR) is 117 cm³/mol. The number of carbonyl (C=O) groups is 2. The van der Waals surface area contributed by atoms with Crippen LogP contribution < -0.4 is 10.6 Å². The summed E-state index contributed by atoms with van der Waals surface area (Å²) in [4.78, 5) is 28.0. The van der Waals surface area contributed by atoms with Gasteiger partial charge in [0.25, 0.3) is 11.8 Å². The Labute approximate surface area is 186 Å². The molecule has 0 bridgehead atoms. The zero-order chi connectivity index (χ0) is 23.2. The van der Waals surface area contributed by atoms with Gasteiger partial charge in [-0.1, -0.05) is 0 Å². The third-order valence-electron chi connectivity index (χ3n) is 5.27. The molecular weight excluding hydrogens is 436 g/mol. The van der Waals surface area contributed by atoms with Crippen molar-refractivity contribution in [1.29, 1.82) is 0 Å². The molecule has 32 heavy (non-hydrogen) atoms. The number of nitrogens with zero attached hydrogens (tertiary/aromatic N) is 1. The van der Waals surface area contributed by atoms with Crippen molar-refractivity contribution in [2.75, 3.05) is 4.90 Å². The zero-order valence-electron chi connectivity index (χ0n) is 16.7. The van der Waals surface area contributed by atoms with E-state index in [4.69, 9.17) is 5.73 Å². The van der Waals surface area contributed by atoms with Crippen LogP contribution in [0.3, 0.4) is 0 Å². The Morgan fingerprint density at radius 1 is 0.875 bits per heavy atom. The van der Waals surface area contributed by atoms with Crippen LogP contribution in [-0.2, 0) is 12.8 Å². The number of anilines is 2. The van der Waals surface area contributed by atoms with E-state index < -0.39 is 29.1 Å². The fourth-order valence-electron chi connectivity index (χ4n) is 3.86. The first kappa shape index (κ1) is 21.3. The van der Waals surface area contributed by atoms with Crippen molar-refractivity contribution in [2.24, 2.45) is 5.73 Å². The second kappa shape index (κ2) is 7.97. The summed E-state index contributed by atoms with van der Waals surface area (Å²) in [6.07, 6.45) is 3.13. The number of amides is 2. The van der Waals surface area contributed by atoms with Crippen molar-refractivity contribution in [2.45, 2.75) is 25.7 Å². The normalized spacial score (nSPS) is 12.9. The summed E-state index contributed by atoms with van der Waals surface area (Å²) in [5, 5.41) is 49.6. The minimum absolute atomic E-state index is 0.0423. The smallest absolute Gasteiger partial charge is 0.263 e. The van der Waals surface area contributed by atoms with Gasteiger partial charge in [0.2, 0.25) is 0 Å². The molecule has 1 aliphatic carbocycles. The third kappa shape index (κ3) is 3.65. The van der Waals surface area contributed by atoms with Gasteiger partial charge < -0.3 is 31.3 Å². The molecule has 0 aliphatic heterocycles. The van der Waals surface area contributed by atoms with Crippen LogP contribution in [0.25, 0.3) is 0 Å². The lowest BCUT2D eigenvalue weighted by Crippen LogP contribution is -2.28. The lowest BCUT2D eigenvalue weighted by molar-refractivity contribution is 0.0998. The molecule has 1 heterocycles. The number of hydrogen-bond acceptors (Lipinski definition) is 8. The van der Waals surface area contributed by atoms with Crippen LogP contribution in [0.15, 0.2) is 30.3 Å². The maximum absolute atomic E-state index is 13.6. The number of carbonyl (C=O) groups excluding carboxylic acids is 2. The predicted octanol–water partition coefficient (Wildman–Crippen LogP) is 3.23. The standard InChI is InChI=1S/C22H20N2O7S/c23-20(30)18-14-3-1-2-4-17(14)32-22(18)24(11-7-12(25)9-13(26)8-11)21(31)10-5-15(27)19(29)16(28)6-10/h5-9,25-29H,1-4H2,(H2,23,30). The van der Waals surface area contributed by atoms with E-state index in [9.17, 15) is 35.1 Å². The van der Waals surface area contributed by atoms with Gasteiger partial charge in [-0.25, -0.2) is 0 Å². The summed E-state index contributed by atoms with van der Waals surface area (Å²) in [7, 11) is 0. The minimum Gasteiger partial charge on any atom is -0.508 e. The van der Waals surface area contributed by atoms with Crippen LogP contribution in [0.5, 0.6) is 28.7 Å². The van der Waals surface area contributed by atoms with E-state index in [0.717, 1.165) is 46.4 Å². The number of phenols is 5. The fourth-order valence-corrected chi connectivity index (χ4v) is 5.27. The molecule has 9 nitrogen and oxygen atoms in total. The highest BCUT2D eigenvalue weighted by Crippen LogP contribution is 2.45. The summed E-state index contributed by atoms with van der Waals surface area (Å²) in [6, 6.07) is 5.45. The highest BCUT2D eigenvalue weighted by atomic mass is 32.1. The van der Waals surface area contributed by atoms with Gasteiger partial charge in [0, 0.05) is 28.6 Å². The minimum atomic E-state index is -0.790. The molecule has 4 rings (SSSR count). The van der Waals surface area contributed by atoms with Crippen molar-refractivity contribution in [3.63, 3.8) is 0 Å². The van der Waals surface area contributed by atoms with Gasteiger partial charge in [-0.2, -0.15) is 0 Å². The second-order valence-electron chi connectivity index (χ2n) is 7.47. The van der Waals surface area contributed by atoms with E-state index in [2.05, 4.69) is 0 Å². The zero-order valence-corrected chi connectivity index (χ0v) is 17.5. The molecule has 7 N–H and O–H groups in total. The van der Waals surface area contributed by atoms with E-state index in [1.54, 1.807) is 0 Å². The van der Waals surface area contributed by atoms with Crippen molar-refractivity contribution in [3.05, 3.63) is 51.9 Å². The van der Waals surface area contributed by atoms with E-state index in [0.29, 0.717) is 12.8 Å². The summed E-state index contributed by atoms with van der Waals surface area (Å²) in [5.41, 5.74) is 6.46. The molecule has 0 radical (unpaired) electrons. The number of nitrogens with two attached hydrogens (primary N) is 1. The summed E-state index contributed by atoms with van der Waals surface area (Å²) < 4.78 is 0.